The van der Waals surface area contributed by atoms with Gasteiger partial charge in [0, 0.05) is 6.08 Å². The minimum absolute atomic E-state index is 0.900. The van der Waals surface area contributed by atoms with E-state index in [1.54, 1.807) is 6.08 Å². The first-order chi connectivity index (χ1) is 8.65. The number of aryl methyl sites for hydroxylation is 1. The molecule has 0 spiro atoms. The van der Waals surface area contributed by atoms with Crippen molar-refractivity contribution in [3.05, 3.63) is 41.0 Å². The molecule has 98 valence electrons. The highest BCUT2D eigenvalue weighted by atomic mass is 16.4. The molecular formula is C16H22O2. The van der Waals surface area contributed by atoms with Gasteiger partial charge in [0.2, 0.25) is 0 Å². The molecule has 0 fully saturated rings. The Morgan fingerprint density at radius 1 is 1.28 bits per heavy atom. The van der Waals surface area contributed by atoms with Crippen LogP contribution in [-0.4, -0.2) is 11.1 Å². The molecule has 0 aliphatic carbocycles. The quantitative estimate of drug-likeness (QED) is 0.578. The Labute approximate surface area is 109 Å². The Bertz CT molecular complexity index is 419. The molecule has 1 aromatic carbocycles. The first-order valence-electron chi connectivity index (χ1n) is 6.64. The van der Waals surface area contributed by atoms with Gasteiger partial charge in [-0.3, -0.25) is 0 Å². The summed E-state index contributed by atoms with van der Waals surface area (Å²) in [5.74, 6) is -0.900. The maximum atomic E-state index is 10.5. The van der Waals surface area contributed by atoms with Gasteiger partial charge in [0.25, 0.3) is 0 Å². The number of carboxylic acid groups (broad SMARTS) is 1. The fourth-order valence-corrected chi connectivity index (χ4v) is 2.06. The van der Waals surface area contributed by atoms with E-state index in [-0.39, 0.29) is 0 Å². The Balaban J connectivity index is 2.69. The Hall–Kier alpha value is -1.57. The summed E-state index contributed by atoms with van der Waals surface area (Å²) < 4.78 is 0. The fourth-order valence-electron chi connectivity index (χ4n) is 2.06. The largest absolute Gasteiger partial charge is 0.478 e. The third-order valence-corrected chi connectivity index (χ3v) is 3.19. The van der Waals surface area contributed by atoms with E-state index in [9.17, 15) is 4.79 Å². The highest BCUT2D eigenvalue weighted by molar-refractivity contribution is 5.85. The SMILES string of the molecule is CCCCCCc1cccc(C=CC(=O)O)c1C. The lowest BCUT2D eigenvalue weighted by Crippen LogP contribution is -1.93. The number of rotatable bonds is 7. The molecule has 18 heavy (non-hydrogen) atoms. The van der Waals surface area contributed by atoms with E-state index in [1.807, 2.05) is 12.1 Å². The van der Waals surface area contributed by atoms with Crippen LogP contribution in [0.1, 0.15) is 49.3 Å². The zero-order valence-corrected chi connectivity index (χ0v) is 11.3. The van der Waals surface area contributed by atoms with Gasteiger partial charge in [-0.05, 0) is 42.5 Å². The first kappa shape index (κ1) is 14.5. The lowest BCUT2D eigenvalue weighted by atomic mass is 9.97. The summed E-state index contributed by atoms with van der Waals surface area (Å²) in [7, 11) is 0. The zero-order valence-electron chi connectivity index (χ0n) is 11.3. The highest BCUT2D eigenvalue weighted by Gasteiger charge is 2.02. The molecule has 0 aromatic heterocycles. The van der Waals surface area contributed by atoms with Crippen molar-refractivity contribution >= 4 is 12.0 Å². The standard InChI is InChI=1S/C16H22O2/c1-3-4-5-6-8-14-9-7-10-15(13(14)2)11-12-16(17)18/h7,9-12H,3-6,8H2,1-2H3,(H,17,18). The first-order valence-corrected chi connectivity index (χ1v) is 6.64. The maximum Gasteiger partial charge on any atom is 0.328 e. The Kier molecular flexibility index (Phi) is 6.20. The second-order valence-corrected chi connectivity index (χ2v) is 4.61. The van der Waals surface area contributed by atoms with Gasteiger partial charge in [0.1, 0.15) is 0 Å². The third-order valence-electron chi connectivity index (χ3n) is 3.19. The van der Waals surface area contributed by atoms with Crippen LogP contribution in [0.2, 0.25) is 0 Å². The van der Waals surface area contributed by atoms with Crippen molar-refractivity contribution in [1.82, 2.24) is 0 Å². The Morgan fingerprint density at radius 2 is 2.06 bits per heavy atom. The van der Waals surface area contributed by atoms with Crippen LogP contribution < -0.4 is 0 Å². The van der Waals surface area contributed by atoms with Gasteiger partial charge >= 0.3 is 5.97 Å². The number of benzene rings is 1. The molecule has 0 saturated heterocycles. The molecule has 0 bridgehead atoms. The van der Waals surface area contributed by atoms with Gasteiger partial charge in [-0.25, -0.2) is 4.79 Å². The van der Waals surface area contributed by atoms with E-state index < -0.39 is 5.97 Å². The number of hydrogen-bond donors (Lipinski definition) is 1. The summed E-state index contributed by atoms with van der Waals surface area (Å²) in [6.07, 6.45) is 8.97. The minimum Gasteiger partial charge on any atom is -0.478 e. The molecular weight excluding hydrogens is 224 g/mol. The average Bonchev–Trinajstić information content (AvgIpc) is 2.35. The van der Waals surface area contributed by atoms with Crippen LogP contribution in [0.15, 0.2) is 24.3 Å². The number of aliphatic carboxylic acids is 1. The van der Waals surface area contributed by atoms with E-state index in [0.717, 1.165) is 12.0 Å². The molecule has 1 N–H and O–H groups in total. The molecule has 2 heteroatoms. The molecule has 2 nitrogen and oxygen atoms in total. The van der Waals surface area contributed by atoms with Crippen molar-refractivity contribution in [3.8, 4) is 0 Å². The zero-order chi connectivity index (χ0) is 13.4. The summed E-state index contributed by atoms with van der Waals surface area (Å²) in [4.78, 5) is 10.5. The van der Waals surface area contributed by atoms with Crippen molar-refractivity contribution < 1.29 is 9.90 Å². The summed E-state index contributed by atoms with van der Waals surface area (Å²) in [6, 6.07) is 6.10. The molecule has 0 aliphatic heterocycles. The van der Waals surface area contributed by atoms with Gasteiger partial charge in [-0.15, -0.1) is 0 Å². The number of hydrogen-bond acceptors (Lipinski definition) is 1. The van der Waals surface area contributed by atoms with Crippen molar-refractivity contribution in [2.45, 2.75) is 46.0 Å². The van der Waals surface area contributed by atoms with E-state index in [4.69, 9.17) is 5.11 Å². The van der Waals surface area contributed by atoms with Gasteiger partial charge in [-0.2, -0.15) is 0 Å². The van der Waals surface area contributed by atoms with Crippen molar-refractivity contribution in [2.24, 2.45) is 0 Å². The van der Waals surface area contributed by atoms with Crippen LogP contribution in [0, 0.1) is 6.92 Å². The van der Waals surface area contributed by atoms with E-state index >= 15 is 0 Å². The average molecular weight is 246 g/mol. The second kappa shape index (κ2) is 7.70. The molecule has 1 aromatic rings. The van der Waals surface area contributed by atoms with Crippen LogP contribution in [0.3, 0.4) is 0 Å². The van der Waals surface area contributed by atoms with Crippen LogP contribution >= 0.6 is 0 Å². The van der Waals surface area contributed by atoms with Crippen LogP contribution in [0.4, 0.5) is 0 Å². The molecule has 0 aliphatic rings. The summed E-state index contributed by atoms with van der Waals surface area (Å²) in [6.45, 7) is 4.28. The topological polar surface area (TPSA) is 37.3 Å². The molecule has 1 rings (SSSR count). The number of unbranched alkanes of at least 4 members (excludes halogenated alkanes) is 3. The summed E-state index contributed by atoms with van der Waals surface area (Å²) in [5.41, 5.74) is 3.54. The lowest BCUT2D eigenvalue weighted by Gasteiger charge is -2.08. The lowest BCUT2D eigenvalue weighted by molar-refractivity contribution is -0.131. The normalized spacial score (nSPS) is 11.0. The molecule has 0 heterocycles. The molecule has 0 amide bonds. The Morgan fingerprint density at radius 3 is 2.72 bits per heavy atom. The van der Waals surface area contributed by atoms with Gasteiger partial charge in [0.05, 0.1) is 0 Å². The second-order valence-electron chi connectivity index (χ2n) is 4.61. The minimum atomic E-state index is -0.900. The predicted octanol–water partition coefficient (Wildman–Crippen LogP) is 4.22. The van der Waals surface area contributed by atoms with Gasteiger partial charge in [-0.1, -0.05) is 44.4 Å². The molecule has 0 atom stereocenters. The van der Waals surface area contributed by atoms with E-state index in [2.05, 4.69) is 19.9 Å². The van der Waals surface area contributed by atoms with Crippen molar-refractivity contribution in [1.29, 1.82) is 0 Å². The smallest absolute Gasteiger partial charge is 0.328 e. The van der Waals surface area contributed by atoms with Crippen molar-refractivity contribution in [2.75, 3.05) is 0 Å². The fraction of sp³-hybridized carbons (Fsp3) is 0.438. The van der Waals surface area contributed by atoms with Gasteiger partial charge < -0.3 is 5.11 Å². The number of carbonyl (C=O) groups is 1. The molecule has 0 unspecified atom stereocenters. The summed E-state index contributed by atoms with van der Waals surface area (Å²) in [5, 5.41) is 8.65. The highest BCUT2D eigenvalue weighted by Crippen LogP contribution is 2.18. The van der Waals surface area contributed by atoms with Crippen LogP contribution in [0.25, 0.3) is 6.08 Å². The van der Waals surface area contributed by atoms with E-state index in [1.165, 1.54) is 42.9 Å². The third kappa shape index (κ3) is 4.74. The van der Waals surface area contributed by atoms with Gasteiger partial charge in [0.15, 0.2) is 0 Å². The monoisotopic (exact) mass is 246 g/mol. The van der Waals surface area contributed by atoms with Crippen molar-refractivity contribution in [3.63, 3.8) is 0 Å². The predicted molar refractivity (Wildman–Crippen MR) is 75.7 cm³/mol. The molecule has 0 saturated carbocycles. The summed E-state index contributed by atoms with van der Waals surface area (Å²) >= 11 is 0. The molecule has 0 radical (unpaired) electrons. The van der Waals surface area contributed by atoms with Crippen LogP contribution in [-0.2, 0) is 11.2 Å². The number of carboxylic acids is 1. The maximum absolute atomic E-state index is 10.5. The van der Waals surface area contributed by atoms with E-state index in [0.29, 0.717) is 0 Å². The van der Waals surface area contributed by atoms with Crippen LogP contribution in [0.5, 0.6) is 0 Å².